The van der Waals surface area contributed by atoms with Crippen LogP contribution in [-0.2, 0) is 20.7 Å². The fourth-order valence-corrected chi connectivity index (χ4v) is 2.37. The number of ether oxygens (including phenoxy) is 1. The Balaban J connectivity index is 1.68. The van der Waals surface area contributed by atoms with E-state index in [1.807, 2.05) is 5.38 Å². The van der Waals surface area contributed by atoms with Crippen LogP contribution in [0.2, 0.25) is 0 Å². The Hall–Kier alpha value is -1.63. The summed E-state index contributed by atoms with van der Waals surface area (Å²) in [6.45, 7) is 2.43. The number of hydrogen-bond donors (Lipinski definition) is 2. The molecule has 0 radical (unpaired) electrons. The molecule has 2 rings (SSSR count). The zero-order valence-electron chi connectivity index (χ0n) is 11.5. The first kappa shape index (κ1) is 14.8. The molecule has 1 saturated carbocycles. The lowest BCUT2D eigenvalue weighted by atomic mass is 10.2. The Bertz CT molecular complexity index is 471. The highest BCUT2D eigenvalue weighted by Crippen LogP contribution is 2.19. The predicted octanol–water partition coefficient (Wildman–Crippen LogP) is 1.33. The maximum atomic E-state index is 11.5. The molecule has 1 heterocycles. The van der Waals surface area contributed by atoms with E-state index in [1.54, 1.807) is 6.92 Å². The van der Waals surface area contributed by atoms with Crippen molar-refractivity contribution in [3.63, 3.8) is 0 Å². The van der Waals surface area contributed by atoms with Crippen molar-refractivity contribution in [2.75, 3.05) is 18.5 Å². The molecule has 6 nitrogen and oxygen atoms in total. The summed E-state index contributed by atoms with van der Waals surface area (Å²) < 4.78 is 4.86. The quantitative estimate of drug-likeness (QED) is 0.708. The summed E-state index contributed by atoms with van der Waals surface area (Å²) in [6.07, 6.45) is 3.06. The van der Waals surface area contributed by atoms with Gasteiger partial charge >= 0.3 is 5.97 Å². The van der Waals surface area contributed by atoms with Crippen LogP contribution in [0.3, 0.4) is 0 Å². The van der Waals surface area contributed by atoms with Crippen LogP contribution in [0.25, 0.3) is 0 Å². The maximum Gasteiger partial charge on any atom is 0.306 e. The molecule has 1 amide bonds. The maximum absolute atomic E-state index is 11.5. The molecule has 1 fully saturated rings. The summed E-state index contributed by atoms with van der Waals surface area (Å²) in [5, 5.41) is 8.48. The standard InChI is InChI=1S/C13H19N3O3S/c1-2-19-12(18)6-5-10-8-20-13(16-10)14-7-11(17)15-9-3-4-9/h8-9H,2-7H2,1H3,(H,14,16)(H,15,17). The van der Waals surface area contributed by atoms with Crippen LogP contribution in [0.4, 0.5) is 5.13 Å². The van der Waals surface area contributed by atoms with E-state index in [9.17, 15) is 9.59 Å². The van der Waals surface area contributed by atoms with E-state index >= 15 is 0 Å². The molecule has 0 atom stereocenters. The van der Waals surface area contributed by atoms with Crippen molar-refractivity contribution in [1.29, 1.82) is 0 Å². The van der Waals surface area contributed by atoms with Crippen LogP contribution in [0.1, 0.15) is 31.9 Å². The van der Waals surface area contributed by atoms with E-state index in [2.05, 4.69) is 15.6 Å². The third-order valence-corrected chi connectivity index (χ3v) is 3.63. The highest BCUT2D eigenvalue weighted by atomic mass is 32.1. The van der Waals surface area contributed by atoms with Gasteiger partial charge in [-0.25, -0.2) is 4.98 Å². The topological polar surface area (TPSA) is 80.3 Å². The van der Waals surface area contributed by atoms with Crippen molar-refractivity contribution in [3.05, 3.63) is 11.1 Å². The summed E-state index contributed by atoms with van der Waals surface area (Å²) in [5.74, 6) is -0.213. The first-order valence-electron chi connectivity index (χ1n) is 6.80. The Morgan fingerprint density at radius 1 is 1.50 bits per heavy atom. The molecular formula is C13H19N3O3S. The van der Waals surface area contributed by atoms with Crippen molar-refractivity contribution in [2.24, 2.45) is 0 Å². The van der Waals surface area contributed by atoms with Gasteiger partial charge in [0.1, 0.15) is 0 Å². The minimum absolute atomic E-state index is 0.00391. The minimum atomic E-state index is -0.209. The number of hydrogen-bond acceptors (Lipinski definition) is 6. The van der Waals surface area contributed by atoms with Gasteiger partial charge in [0.2, 0.25) is 5.91 Å². The van der Waals surface area contributed by atoms with E-state index in [-0.39, 0.29) is 18.4 Å². The highest BCUT2D eigenvalue weighted by Gasteiger charge is 2.22. The van der Waals surface area contributed by atoms with Crippen LogP contribution in [0.15, 0.2) is 5.38 Å². The fourth-order valence-electron chi connectivity index (χ4n) is 1.63. The van der Waals surface area contributed by atoms with Gasteiger partial charge in [0, 0.05) is 17.8 Å². The zero-order valence-corrected chi connectivity index (χ0v) is 12.3. The van der Waals surface area contributed by atoms with E-state index < -0.39 is 0 Å². The van der Waals surface area contributed by atoms with Gasteiger partial charge in [-0.1, -0.05) is 0 Å². The van der Waals surface area contributed by atoms with Gasteiger partial charge in [0.25, 0.3) is 0 Å². The first-order valence-corrected chi connectivity index (χ1v) is 7.68. The minimum Gasteiger partial charge on any atom is -0.466 e. The van der Waals surface area contributed by atoms with E-state index in [0.717, 1.165) is 18.5 Å². The number of nitrogens with one attached hydrogen (secondary N) is 2. The van der Waals surface area contributed by atoms with Crippen molar-refractivity contribution in [1.82, 2.24) is 10.3 Å². The second kappa shape index (κ2) is 7.23. The van der Waals surface area contributed by atoms with Gasteiger partial charge in [-0.05, 0) is 19.8 Å². The van der Waals surface area contributed by atoms with Crippen LogP contribution >= 0.6 is 11.3 Å². The monoisotopic (exact) mass is 297 g/mol. The number of amides is 1. The van der Waals surface area contributed by atoms with Gasteiger partial charge in [-0.2, -0.15) is 0 Å². The third kappa shape index (κ3) is 5.16. The van der Waals surface area contributed by atoms with Gasteiger partial charge in [-0.15, -0.1) is 11.3 Å². The lowest BCUT2D eigenvalue weighted by Crippen LogP contribution is -2.31. The van der Waals surface area contributed by atoms with Crippen molar-refractivity contribution < 1.29 is 14.3 Å². The fraction of sp³-hybridized carbons (Fsp3) is 0.615. The van der Waals surface area contributed by atoms with E-state index in [0.29, 0.717) is 30.6 Å². The lowest BCUT2D eigenvalue weighted by molar-refractivity contribution is -0.143. The summed E-state index contributed by atoms with van der Waals surface area (Å²) in [4.78, 5) is 27.1. The van der Waals surface area contributed by atoms with Crippen molar-refractivity contribution in [3.8, 4) is 0 Å². The molecule has 0 aliphatic heterocycles. The second-order valence-electron chi connectivity index (χ2n) is 4.64. The number of aromatic nitrogens is 1. The molecule has 20 heavy (non-hydrogen) atoms. The summed E-state index contributed by atoms with van der Waals surface area (Å²) in [6, 6.07) is 0.376. The number of carbonyl (C=O) groups excluding carboxylic acids is 2. The number of esters is 1. The second-order valence-corrected chi connectivity index (χ2v) is 5.50. The largest absolute Gasteiger partial charge is 0.466 e. The van der Waals surface area contributed by atoms with Crippen LogP contribution in [0, 0.1) is 0 Å². The molecule has 1 aliphatic carbocycles. The normalized spacial score (nSPS) is 13.8. The Morgan fingerprint density at radius 3 is 3.00 bits per heavy atom. The van der Waals surface area contributed by atoms with E-state index in [4.69, 9.17) is 4.74 Å². The van der Waals surface area contributed by atoms with Crippen molar-refractivity contribution >= 4 is 28.3 Å². The molecular weight excluding hydrogens is 278 g/mol. The molecule has 1 aliphatic rings. The number of rotatable bonds is 8. The third-order valence-electron chi connectivity index (χ3n) is 2.78. The van der Waals surface area contributed by atoms with Gasteiger partial charge < -0.3 is 15.4 Å². The summed E-state index contributed by atoms with van der Waals surface area (Å²) in [7, 11) is 0. The number of anilines is 1. The van der Waals surface area contributed by atoms with Crippen LogP contribution < -0.4 is 10.6 Å². The average Bonchev–Trinajstić information content (AvgIpc) is 3.11. The van der Waals surface area contributed by atoms with Crippen LogP contribution in [0.5, 0.6) is 0 Å². The van der Waals surface area contributed by atoms with Gasteiger partial charge in [-0.3, -0.25) is 9.59 Å². The summed E-state index contributed by atoms with van der Waals surface area (Å²) in [5.41, 5.74) is 0.841. The van der Waals surface area contributed by atoms with Crippen LogP contribution in [-0.4, -0.2) is 36.1 Å². The molecule has 0 unspecified atom stereocenters. The molecule has 110 valence electrons. The smallest absolute Gasteiger partial charge is 0.306 e. The predicted molar refractivity (Wildman–Crippen MR) is 76.7 cm³/mol. The molecule has 1 aromatic rings. The average molecular weight is 297 g/mol. The SMILES string of the molecule is CCOC(=O)CCc1csc(NCC(=O)NC2CC2)n1. The molecule has 7 heteroatoms. The Labute approximate surface area is 121 Å². The molecule has 2 N–H and O–H groups in total. The number of carbonyl (C=O) groups is 2. The number of thiazole rings is 1. The molecule has 0 spiro atoms. The van der Waals surface area contributed by atoms with Gasteiger partial charge in [0.15, 0.2) is 5.13 Å². The number of aryl methyl sites for hydroxylation is 1. The Morgan fingerprint density at radius 2 is 2.30 bits per heavy atom. The lowest BCUT2D eigenvalue weighted by Gasteiger charge is -2.03. The molecule has 1 aromatic heterocycles. The molecule has 0 bridgehead atoms. The number of nitrogens with zero attached hydrogens (tertiary/aromatic N) is 1. The molecule has 0 saturated heterocycles. The van der Waals surface area contributed by atoms with E-state index in [1.165, 1.54) is 11.3 Å². The van der Waals surface area contributed by atoms with Gasteiger partial charge in [0.05, 0.1) is 25.3 Å². The zero-order chi connectivity index (χ0) is 14.4. The Kier molecular flexibility index (Phi) is 5.34. The first-order chi connectivity index (χ1) is 9.67. The van der Waals surface area contributed by atoms with Crippen molar-refractivity contribution in [2.45, 2.75) is 38.6 Å². The molecule has 0 aromatic carbocycles. The summed E-state index contributed by atoms with van der Waals surface area (Å²) >= 11 is 1.44. The highest BCUT2D eigenvalue weighted by molar-refractivity contribution is 7.13.